The summed E-state index contributed by atoms with van der Waals surface area (Å²) >= 11 is 7.61. The molecule has 2 heterocycles. The topological polar surface area (TPSA) is 42.1 Å². The second kappa shape index (κ2) is 6.09. The predicted octanol–water partition coefficient (Wildman–Crippen LogP) is 3.36. The highest BCUT2D eigenvalue weighted by atomic mass is 35.5. The molecule has 1 aliphatic heterocycles. The van der Waals surface area contributed by atoms with Crippen LogP contribution in [-0.2, 0) is 19.5 Å². The summed E-state index contributed by atoms with van der Waals surface area (Å²) in [5.74, 6) is 0. The van der Waals surface area contributed by atoms with E-state index in [2.05, 4.69) is 22.0 Å². The maximum atomic E-state index is 6.04. The number of rotatable bonds is 2. The third kappa shape index (κ3) is 3.39. The molecule has 0 bridgehead atoms. The molecule has 1 aliphatic rings. The van der Waals surface area contributed by atoms with E-state index in [1.807, 2.05) is 12.3 Å². The first kappa shape index (κ1) is 14.6. The first-order chi connectivity index (χ1) is 8.70. The largest absolute Gasteiger partial charge is 0.375 e. The Kier molecular flexibility index (Phi) is 4.68. The molecule has 102 valence electrons. The number of fused-ring (bicyclic) bond motifs is 1. The average Bonchev–Trinajstić information content (AvgIpc) is 2.74. The van der Waals surface area contributed by atoms with Crippen LogP contribution in [0.15, 0.2) is 24.4 Å². The van der Waals surface area contributed by atoms with Crippen molar-refractivity contribution in [2.45, 2.75) is 19.5 Å². The van der Waals surface area contributed by atoms with E-state index >= 15 is 0 Å². The van der Waals surface area contributed by atoms with Gasteiger partial charge in [0.1, 0.15) is 0 Å². The molecule has 1 aromatic heterocycles. The van der Waals surface area contributed by atoms with E-state index in [0.29, 0.717) is 5.13 Å². The van der Waals surface area contributed by atoms with Crippen LogP contribution < -0.4 is 5.73 Å². The summed E-state index contributed by atoms with van der Waals surface area (Å²) in [6, 6.07) is 6.18. The minimum absolute atomic E-state index is 0. The maximum Gasteiger partial charge on any atom is 0.180 e. The van der Waals surface area contributed by atoms with Crippen LogP contribution in [0.2, 0.25) is 5.02 Å². The van der Waals surface area contributed by atoms with Gasteiger partial charge in [-0.1, -0.05) is 17.7 Å². The highest BCUT2D eigenvalue weighted by molar-refractivity contribution is 7.15. The fourth-order valence-electron chi connectivity index (χ4n) is 2.34. The van der Waals surface area contributed by atoms with E-state index in [1.165, 1.54) is 16.0 Å². The standard InChI is InChI=1S/C13H14ClN3S.ClH/c14-11-2-1-9-3-4-17(7-10(9)5-11)8-12-6-16-13(15)18-12;/h1-2,5-6H,3-4,7-8H2,(H2,15,16);1H. The minimum atomic E-state index is 0. The van der Waals surface area contributed by atoms with Crippen LogP contribution in [0.3, 0.4) is 0 Å². The minimum Gasteiger partial charge on any atom is -0.375 e. The second-order valence-corrected chi connectivity index (χ2v) is 6.12. The number of nitrogen functional groups attached to an aromatic ring is 1. The number of thiazole rings is 1. The molecule has 0 aliphatic carbocycles. The Morgan fingerprint density at radius 2 is 2.21 bits per heavy atom. The molecule has 0 saturated carbocycles. The van der Waals surface area contributed by atoms with Crippen LogP contribution in [0.1, 0.15) is 16.0 Å². The Hall–Kier alpha value is -0.810. The first-order valence-electron chi connectivity index (χ1n) is 5.90. The summed E-state index contributed by atoms with van der Waals surface area (Å²) in [6.45, 7) is 2.95. The summed E-state index contributed by atoms with van der Waals surface area (Å²) < 4.78 is 0. The fourth-order valence-corrected chi connectivity index (χ4v) is 3.26. The first-order valence-corrected chi connectivity index (χ1v) is 7.10. The number of hydrogen-bond acceptors (Lipinski definition) is 4. The van der Waals surface area contributed by atoms with Gasteiger partial charge in [0.05, 0.1) is 0 Å². The highest BCUT2D eigenvalue weighted by Gasteiger charge is 2.17. The lowest BCUT2D eigenvalue weighted by molar-refractivity contribution is 0.247. The van der Waals surface area contributed by atoms with Gasteiger partial charge in [-0.25, -0.2) is 4.98 Å². The zero-order valence-electron chi connectivity index (χ0n) is 10.3. The van der Waals surface area contributed by atoms with Gasteiger partial charge in [-0.3, -0.25) is 4.90 Å². The van der Waals surface area contributed by atoms with E-state index in [9.17, 15) is 0 Å². The normalized spacial score (nSPS) is 14.8. The monoisotopic (exact) mass is 315 g/mol. The molecule has 1 aromatic carbocycles. The Bertz CT molecular complexity index is 571. The summed E-state index contributed by atoms with van der Waals surface area (Å²) in [6.07, 6.45) is 2.95. The Balaban J connectivity index is 0.00000133. The Morgan fingerprint density at radius 1 is 1.37 bits per heavy atom. The van der Waals surface area contributed by atoms with Crippen molar-refractivity contribution in [3.05, 3.63) is 45.4 Å². The van der Waals surface area contributed by atoms with Gasteiger partial charge in [-0.05, 0) is 29.7 Å². The molecule has 0 fully saturated rings. The molecule has 6 heteroatoms. The summed E-state index contributed by atoms with van der Waals surface area (Å²) in [5.41, 5.74) is 8.41. The van der Waals surface area contributed by atoms with Crippen LogP contribution >= 0.6 is 35.3 Å². The third-order valence-corrected chi connectivity index (χ3v) is 4.26. The molecule has 19 heavy (non-hydrogen) atoms. The smallest absolute Gasteiger partial charge is 0.180 e. The molecule has 3 rings (SSSR count). The molecular formula is C13H15Cl2N3S. The van der Waals surface area contributed by atoms with Crippen LogP contribution in [0.5, 0.6) is 0 Å². The second-order valence-electron chi connectivity index (χ2n) is 4.54. The lowest BCUT2D eigenvalue weighted by atomic mass is 10.00. The van der Waals surface area contributed by atoms with Crippen molar-refractivity contribution in [1.29, 1.82) is 0 Å². The molecule has 0 atom stereocenters. The number of halogens is 2. The van der Waals surface area contributed by atoms with Crippen molar-refractivity contribution >= 4 is 40.5 Å². The molecular weight excluding hydrogens is 301 g/mol. The van der Waals surface area contributed by atoms with Crippen molar-refractivity contribution < 1.29 is 0 Å². The predicted molar refractivity (Wildman–Crippen MR) is 83.0 cm³/mol. The fraction of sp³-hybridized carbons (Fsp3) is 0.308. The van der Waals surface area contributed by atoms with Gasteiger partial charge >= 0.3 is 0 Å². The Labute approximate surface area is 127 Å². The van der Waals surface area contributed by atoms with Crippen LogP contribution in [-0.4, -0.2) is 16.4 Å². The van der Waals surface area contributed by atoms with E-state index in [1.54, 1.807) is 11.3 Å². The lowest BCUT2D eigenvalue weighted by Crippen LogP contribution is -2.29. The number of anilines is 1. The van der Waals surface area contributed by atoms with Crippen molar-refractivity contribution in [3.63, 3.8) is 0 Å². The molecule has 0 amide bonds. The van der Waals surface area contributed by atoms with Crippen molar-refractivity contribution in [2.24, 2.45) is 0 Å². The molecule has 0 radical (unpaired) electrons. The van der Waals surface area contributed by atoms with Gasteiger partial charge in [-0.15, -0.1) is 23.7 Å². The van der Waals surface area contributed by atoms with E-state index in [-0.39, 0.29) is 12.4 Å². The van der Waals surface area contributed by atoms with Gasteiger partial charge in [0.2, 0.25) is 0 Å². The maximum absolute atomic E-state index is 6.04. The van der Waals surface area contributed by atoms with E-state index in [0.717, 1.165) is 31.1 Å². The number of aromatic nitrogens is 1. The average molecular weight is 316 g/mol. The van der Waals surface area contributed by atoms with Gasteiger partial charge in [0, 0.05) is 35.7 Å². The summed E-state index contributed by atoms with van der Waals surface area (Å²) in [7, 11) is 0. The summed E-state index contributed by atoms with van der Waals surface area (Å²) in [5, 5.41) is 1.46. The zero-order chi connectivity index (χ0) is 12.5. The Morgan fingerprint density at radius 3 is 2.95 bits per heavy atom. The van der Waals surface area contributed by atoms with E-state index < -0.39 is 0 Å². The lowest BCUT2D eigenvalue weighted by Gasteiger charge is -2.28. The van der Waals surface area contributed by atoms with Crippen LogP contribution in [0, 0.1) is 0 Å². The third-order valence-electron chi connectivity index (χ3n) is 3.21. The van der Waals surface area contributed by atoms with E-state index in [4.69, 9.17) is 17.3 Å². The molecule has 2 N–H and O–H groups in total. The number of hydrogen-bond donors (Lipinski definition) is 1. The number of nitrogens with zero attached hydrogens (tertiary/aromatic N) is 2. The summed E-state index contributed by atoms with van der Waals surface area (Å²) in [4.78, 5) is 7.72. The quantitative estimate of drug-likeness (QED) is 0.924. The SMILES string of the molecule is Cl.Nc1ncc(CN2CCc3ccc(Cl)cc3C2)s1. The van der Waals surface area contributed by atoms with Gasteiger partial charge in [0.25, 0.3) is 0 Å². The number of benzene rings is 1. The van der Waals surface area contributed by atoms with Gasteiger partial charge in [-0.2, -0.15) is 0 Å². The molecule has 2 aromatic rings. The van der Waals surface area contributed by atoms with Gasteiger partial charge in [0.15, 0.2) is 5.13 Å². The molecule has 0 saturated heterocycles. The van der Waals surface area contributed by atoms with Crippen LogP contribution in [0.25, 0.3) is 0 Å². The van der Waals surface area contributed by atoms with Crippen LogP contribution in [0.4, 0.5) is 5.13 Å². The molecule has 0 spiro atoms. The van der Waals surface area contributed by atoms with Crippen molar-refractivity contribution in [1.82, 2.24) is 9.88 Å². The molecule has 3 nitrogen and oxygen atoms in total. The van der Waals surface area contributed by atoms with Crippen molar-refractivity contribution in [3.8, 4) is 0 Å². The van der Waals surface area contributed by atoms with Gasteiger partial charge < -0.3 is 5.73 Å². The van der Waals surface area contributed by atoms with Crippen molar-refractivity contribution in [2.75, 3.05) is 12.3 Å². The molecule has 0 unspecified atom stereocenters. The highest BCUT2D eigenvalue weighted by Crippen LogP contribution is 2.25. The number of nitrogens with two attached hydrogens (primary N) is 1. The zero-order valence-corrected chi connectivity index (χ0v) is 12.7.